The van der Waals surface area contributed by atoms with Gasteiger partial charge in [-0.1, -0.05) is 26.0 Å². The standard InChI is InChI=1S/C19H22N4/c1-12(2)17-19(23-10-6-7-14(4)18(23)20-17)22-21-16-9-8-13(3)15(5)11-16/h6-12H,1-5H3. The second-order valence-electron chi connectivity index (χ2n) is 6.33. The third kappa shape index (κ3) is 2.89. The first-order chi connectivity index (χ1) is 11.0. The van der Waals surface area contributed by atoms with Gasteiger partial charge in [-0.25, -0.2) is 4.98 Å². The van der Waals surface area contributed by atoms with Crippen LogP contribution < -0.4 is 0 Å². The maximum Gasteiger partial charge on any atom is 0.183 e. The van der Waals surface area contributed by atoms with E-state index in [0.29, 0.717) is 5.92 Å². The molecule has 0 aliphatic heterocycles. The number of rotatable bonds is 3. The molecule has 1 aromatic carbocycles. The molecule has 0 saturated heterocycles. The Morgan fingerprint density at radius 1 is 0.957 bits per heavy atom. The second-order valence-corrected chi connectivity index (χ2v) is 6.33. The van der Waals surface area contributed by atoms with Crippen LogP contribution >= 0.6 is 0 Å². The lowest BCUT2D eigenvalue weighted by Crippen LogP contribution is -1.87. The van der Waals surface area contributed by atoms with E-state index in [0.717, 1.165) is 28.4 Å². The number of imidazole rings is 1. The first-order valence-corrected chi connectivity index (χ1v) is 7.94. The molecule has 4 heteroatoms. The van der Waals surface area contributed by atoms with Gasteiger partial charge in [-0.2, -0.15) is 0 Å². The zero-order valence-corrected chi connectivity index (χ0v) is 14.3. The predicted octanol–water partition coefficient (Wildman–Crippen LogP) is 5.80. The number of aromatic nitrogens is 2. The fourth-order valence-corrected chi connectivity index (χ4v) is 2.59. The van der Waals surface area contributed by atoms with Crippen molar-refractivity contribution in [1.82, 2.24) is 9.38 Å². The van der Waals surface area contributed by atoms with Crippen LogP contribution in [0.1, 0.15) is 42.1 Å². The Morgan fingerprint density at radius 3 is 2.43 bits per heavy atom. The fraction of sp³-hybridized carbons (Fsp3) is 0.316. The third-order valence-electron chi connectivity index (χ3n) is 4.14. The van der Waals surface area contributed by atoms with E-state index in [1.54, 1.807) is 0 Å². The van der Waals surface area contributed by atoms with E-state index in [-0.39, 0.29) is 0 Å². The number of fused-ring (bicyclic) bond motifs is 1. The summed E-state index contributed by atoms with van der Waals surface area (Å²) in [5.74, 6) is 1.11. The number of hydrogen-bond acceptors (Lipinski definition) is 3. The van der Waals surface area contributed by atoms with Crippen molar-refractivity contribution in [2.45, 2.75) is 40.5 Å². The number of hydrogen-bond donors (Lipinski definition) is 0. The molecule has 118 valence electrons. The highest BCUT2D eigenvalue weighted by molar-refractivity contribution is 5.57. The van der Waals surface area contributed by atoms with Crippen molar-refractivity contribution in [3.8, 4) is 0 Å². The van der Waals surface area contributed by atoms with Crippen molar-refractivity contribution in [2.24, 2.45) is 10.2 Å². The maximum absolute atomic E-state index is 4.76. The van der Waals surface area contributed by atoms with Crippen LogP contribution in [0.25, 0.3) is 5.65 Å². The lowest BCUT2D eigenvalue weighted by atomic mass is 10.1. The average Bonchev–Trinajstić information content (AvgIpc) is 2.89. The molecule has 2 aromatic heterocycles. The number of nitrogens with zero attached hydrogens (tertiary/aromatic N) is 4. The summed E-state index contributed by atoms with van der Waals surface area (Å²) >= 11 is 0. The van der Waals surface area contributed by atoms with Gasteiger partial charge in [0.2, 0.25) is 0 Å². The van der Waals surface area contributed by atoms with E-state index in [1.807, 2.05) is 22.7 Å². The Balaban J connectivity index is 2.11. The van der Waals surface area contributed by atoms with E-state index in [1.165, 1.54) is 11.1 Å². The zero-order valence-electron chi connectivity index (χ0n) is 14.3. The van der Waals surface area contributed by atoms with Gasteiger partial charge in [0.05, 0.1) is 11.4 Å². The van der Waals surface area contributed by atoms with Crippen molar-refractivity contribution in [3.05, 3.63) is 58.9 Å². The molecule has 0 aliphatic carbocycles. The van der Waals surface area contributed by atoms with Gasteiger partial charge in [0.1, 0.15) is 5.65 Å². The molecule has 3 rings (SSSR count). The summed E-state index contributed by atoms with van der Waals surface area (Å²) in [6.07, 6.45) is 2.00. The highest BCUT2D eigenvalue weighted by Gasteiger charge is 2.15. The van der Waals surface area contributed by atoms with Crippen LogP contribution in [0.2, 0.25) is 0 Å². The largest absolute Gasteiger partial charge is 0.283 e. The summed E-state index contributed by atoms with van der Waals surface area (Å²) in [5.41, 5.74) is 6.42. The van der Waals surface area contributed by atoms with Crippen LogP contribution in [0, 0.1) is 20.8 Å². The number of benzene rings is 1. The summed E-state index contributed by atoms with van der Waals surface area (Å²) < 4.78 is 2.02. The highest BCUT2D eigenvalue weighted by Crippen LogP contribution is 2.30. The molecule has 0 bridgehead atoms. The maximum atomic E-state index is 4.76. The van der Waals surface area contributed by atoms with Crippen LogP contribution in [0.5, 0.6) is 0 Å². The number of aryl methyl sites for hydroxylation is 3. The Hall–Kier alpha value is -2.49. The second kappa shape index (κ2) is 5.95. The van der Waals surface area contributed by atoms with Gasteiger partial charge in [0.25, 0.3) is 0 Å². The highest BCUT2D eigenvalue weighted by atomic mass is 15.2. The lowest BCUT2D eigenvalue weighted by molar-refractivity contribution is 0.831. The minimum atomic E-state index is 0.294. The van der Waals surface area contributed by atoms with Gasteiger partial charge in [-0.15, -0.1) is 10.2 Å². The van der Waals surface area contributed by atoms with E-state index < -0.39 is 0 Å². The van der Waals surface area contributed by atoms with Crippen molar-refractivity contribution < 1.29 is 0 Å². The Morgan fingerprint density at radius 2 is 1.74 bits per heavy atom. The minimum absolute atomic E-state index is 0.294. The Bertz CT molecular complexity index is 888. The van der Waals surface area contributed by atoms with Gasteiger partial charge in [0.15, 0.2) is 5.82 Å². The van der Waals surface area contributed by atoms with Crippen LogP contribution in [0.3, 0.4) is 0 Å². The monoisotopic (exact) mass is 306 g/mol. The van der Waals surface area contributed by atoms with Crippen LogP contribution in [-0.2, 0) is 0 Å². The van der Waals surface area contributed by atoms with Crippen LogP contribution in [-0.4, -0.2) is 9.38 Å². The van der Waals surface area contributed by atoms with Crippen molar-refractivity contribution in [1.29, 1.82) is 0 Å². The SMILES string of the molecule is Cc1ccc(N=Nc2c(C(C)C)nc3c(C)cccn23)cc1C. The Labute approximate surface area is 136 Å². The van der Waals surface area contributed by atoms with Gasteiger partial charge < -0.3 is 0 Å². The molecular weight excluding hydrogens is 284 g/mol. The molecule has 4 nitrogen and oxygen atoms in total. The zero-order chi connectivity index (χ0) is 16.6. The summed E-state index contributed by atoms with van der Waals surface area (Å²) in [5, 5.41) is 8.96. The molecule has 0 atom stereocenters. The van der Waals surface area contributed by atoms with Gasteiger partial charge in [0, 0.05) is 6.20 Å². The fourth-order valence-electron chi connectivity index (χ4n) is 2.59. The van der Waals surface area contributed by atoms with E-state index in [2.05, 4.69) is 63.0 Å². The van der Waals surface area contributed by atoms with Crippen molar-refractivity contribution >= 4 is 17.2 Å². The molecular formula is C19H22N4. The first-order valence-electron chi connectivity index (χ1n) is 7.94. The summed E-state index contributed by atoms with van der Waals surface area (Å²) in [6, 6.07) is 10.2. The van der Waals surface area contributed by atoms with Gasteiger partial charge in [-0.3, -0.25) is 4.40 Å². The van der Waals surface area contributed by atoms with Crippen LogP contribution in [0.4, 0.5) is 11.5 Å². The average molecular weight is 306 g/mol. The summed E-state index contributed by atoms with van der Waals surface area (Å²) in [7, 11) is 0. The van der Waals surface area contributed by atoms with Crippen molar-refractivity contribution in [2.75, 3.05) is 0 Å². The van der Waals surface area contributed by atoms with Gasteiger partial charge >= 0.3 is 0 Å². The molecule has 0 spiro atoms. The molecule has 0 radical (unpaired) electrons. The van der Waals surface area contributed by atoms with E-state index in [4.69, 9.17) is 4.98 Å². The first kappa shape index (κ1) is 15.4. The van der Waals surface area contributed by atoms with E-state index in [9.17, 15) is 0 Å². The molecule has 0 aliphatic rings. The molecule has 3 aromatic rings. The predicted molar refractivity (Wildman–Crippen MR) is 94.1 cm³/mol. The third-order valence-corrected chi connectivity index (χ3v) is 4.14. The normalized spacial score (nSPS) is 11.9. The lowest BCUT2D eigenvalue weighted by Gasteiger charge is -2.03. The molecule has 0 amide bonds. The van der Waals surface area contributed by atoms with Crippen LogP contribution in [0.15, 0.2) is 46.8 Å². The van der Waals surface area contributed by atoms with E-state index >= 15 is 0 Å². The molecule has 2 heterocycles. The van der Waals surface area contributed by atoms with Crippen molar-refractivity contribution in [3.63, 3.8) is 0 Å². The molecule has 23 heavy (non-hydrogen) atoms. The minimum Gasteiger partial charge on any atom is -0.283 e. The molecule has 0 N–H and O–H groups in total. The molecule has 0 fully saturated rings. The topological polar surface area (TPSA) is 42.0 Å². The molecule has 0 unspecified atom stereocenters. The quantitative estimate of drug-likeness (QED) is 0.564. The van der Waals surface area contributed by atoms with Gasteiger partial charge in [-0.05, 0) is 61.6 Å². The Kier molecular flexibility index (Phi) is 3.99. The molecule has 0 saturated carbocycles. The number of azo groups is 1. The summed E-state index contributed by atoms with van der Waals surface area (Å²) in [4.78, 5) is 4.76. The number of pyridine rings is 1. The summed E-state index contributed by atoms with van der Waals surface area (Å²) in [6.45, 7) is 10.5. The smallest absolute Gasteiger partial charge is 0.183 e.